The zero-order chi connectivity index (χ0) is 30.5. The van der Waals surface area contributed by atoms with Crippen molar-refractivity contribution in [2.45, 2.75) is 33.4 Å². The molecule has 0 bridgehead atoms. The number of rotatable bonds is 10. The molecule has 0 N–H and O–H groups in total. The van der Waals surface area contributed by atoms with E-state index in [1.54, 1.807) is 56.3 Å². The van der Waals surface area contributed by atoms with Gasteiger partial charge in [0, 0.05) is 11.1 Å². The molecule has 0 amide bonds. The standard InChI is InChI=1S/C33H31FN2O6S/c1-5-40-24-16-14-21(15-17-24)29-28(32(38)41-6-2)20(3)35-33-36(29)31(37)27(43-33)18-22-11-9-13-26(39-4)30(22)42-19-23-10-7-8-12-25(23)34/h7-18,29H,5-6,19H2,1-4H3/b27-18-/t29-/m1/s1. The number of methoxy groups -OCH3 is 1. The Labute approximate surface area is 252 Å². The second-order valence-electron chi connectivity index (χ2n) is 9.56. The Morgan fingerprint density at radius 1 is 1.02 bits per heavy atom. The van der Waals surface area contributed by atoms with Gasteiger partial charge in [0.2, 0.25) is 0 Å². The summed E-state index contributed by atoms with van der Waals surface area (Å²) in [7, 11) is 1.51. The number of ether oxygens (including phenoxy) is 4. The largest absolute Gasteiger partial charge is 0.494 e. The number of para-hydroxylation sites is 1. The van der Waals surface area contributed by atoms with Gasteiger partial charge in [-0.05, 0) is 56.7 Å². The fraction of sp³-hybridized carbons (Fsp3) is 0.242. The number of fused-ring (bicyclic) bond motifs is 1. The van der Waals surface area contributed by atoms with Crippen molar-refractivity contribution in [2.24, 2.45) is 4.99 Å². The van der Waals surface area contributed by atoms with Gasteiger partial charge in [-0.15, -0.1) is 0 Å². The van der Waals surface area contributed by atoms with Gasteiger partial charge in [0.05, 0.1) is 42.2 Å². The van der Waals surface area contributed by atoms with Gasteiger partial charge in [0.1, 0.15) is 18.2 Å². The van der Waals surface area contributed by atoms with Crippen LogP contribution < -0.4 is 29.1 Å². The molecule has 10 heteroatoms. The van der Waals surface area contributed by atoms with Crippen molar-refractivity contribution in [1.29, 1.82) is 0 Å². The average molecular weight is 603 g/mol. The molecule has 0 saturated carbocycles. The summed E-state index contributed by atoms with van der Waals surface area (Å²) in [5, 5.41) is 0. The van der Waals surface area contributed by atoms with Crippen LogP contribution in [-0.2, 0) is 16.1 Å². The van der Waals surface area contributed by atoms with Crippen LogP contribution >= 0.6 is 11.3 Å². The summed E-state index contributed by atoms with van der Waals surface area (Å²) in [6, 6.07) is 18.2. The van der Waals surface area contributed by atoms with Gasteiger partial charge in [-0.2, -0.15) is 0 Å². The molecule has 8 nitrogen and oxygen atoms in total. The molecular formula is C33H31FN2O6S. The third kappa shape index (κ3) is 6.10. The van der Waals surface area contributed by atoms with Crippen molar-refractivity contribution in [3.8, 4) is 17.2 Å². The number of benzene rings is 3. The number of thiazole rings is 1. The van der Waals surface area contributed by atoms with Gasteiger partial charge < -0.3 is 18.9 Å². The van der Waals surface area contributed by atoms with E-state index in [0.717, 1.165) is 0 Å². The summed E-state index contributed by atoms with van der Waals surface area (Å²) in [5.41, 5.74) is 2.10. The molecule has 43 heavy (non-hydrogen) atoms. The van der Waals surface area contributed by atoms with E-state index < -0.39 is 12.0 Å². The number of carbonyl (C=O) groups is 1. The van der Waals surface area contributed by atoms with E-state index >= 15 is 0 Å². The first kappa shape index (κ1) is 29.8. The summed E-state index contributed by atoms with van der Waals surface area (Å²) < 4.78 is 38.7. The molecule has 1 aliphatic rings. The van der Waals surface area contributed by atoms with Crippen LogP contribution in [0.15, 0.2) is 87.8 Å². The fourth-order valence-electron chi connectivity index (χ4n) is 4.89. The van der Waals surface area contributed by atoms with E-state index in [9.17, 15) is 14.0 Å². The zero-order valence-corrected chi connectivity index (χ0v) is 25.1. The highest BCUT2D eigenvalue weighted by atomic mass is 32.1. The van der Waals surface area contributed by atoms with Crippen molar-refractivity contribution >= 4 is 23.4 Å². The first-order valence-electron chi connectivity index (χ1n) is 13.8. The van der Waals surface area contributed by atoms with Gasteiger partial charge in [-0.1, -0.05) is 53.8 Å². The summed E-state index contributed by atoms with van der Waals surface area (Å²) in [4.78, 5) is 32.3. The van der Waals surface area contributed by atoms with Crippen LogP contribution in [0.2, 0.25) is 0 Å². The Morgan fingerprint density at radius 2 is 1.79 bits per heavy atom. The Morgan fingerprint density at radius 3 is 2.49 bits per heavy atom. The minimum atomic E-state index is -0.754. The van der Waals surface area contributed by atoms with Crippen LogP contribution in [0.25, 0.3) is 6.08 Å². The fourth-order valence-corrected chi connectivity index (χ4v) is 5.93. The Hall–Kier alpha value is -4.70. The van der Waals surface area contributed by atoms with Gasteiger partial charge in [0.25, 0.3) is 5.56 Å². The number of halogens is 1. The van der Waals surface area contributed by atoms with Gasteiger partial charge in [0.15, 0.2) is 16.3 Å². The molecular weight excluding hydrogens is 571 g/mol. The Kier molecular flexibility index (Phi) is 9.06. The molecule has 3 aromatic carbocycles. The first-order valence-corrected chi connectivity index (χ1v) is 14.6. The third-order valence-electron chi connectivity index (χ3n) is 6.87. The van der Waals surface area contributed by atoms with E-state index in [-0.39, 0.29) is 24.6 Å². The minimum Gasteiger partial charge on any atom is -0.494 e. The van der Waals surface area contributed by atoms with E-state index in [4.69, 9.17) is 18.9 Å². The van der Waals surface area contributed by atoms with Crippen molar-refractivity contribution in [1.82, 2.24) is 4.57 Å². The molecule has 1 atom stereocenters. The summed E-state index contributed by atoms with van der Waals surface area (Å²) in [5.74, 6) is 0.567. The second-order valence-corrected chi connectivity index (χ2v) is 10.6. The van der Waals surface area contributed by atoms with Crippen molar-refractivity contribution in [3.05, 3.63) is 120 Å². The molecule has 0 saturated heterocycles. The normalized spacial score (nSPS) is 14.6. The maximum absolute atomic E-state index is 14.3. The van der Waals surface area contributed by atoms with Crippen LogP contribution in [0.1, 0.15) is 43.5 Å². The summed E-state index contributed by atoms with van der Waals surface area (Å²) in [6.45, 7) is 6.03. The van der Waals surface area contributed by atoms with Crippen LogP contribution in [0.4, 0.5) is 4.39 Å². The molecule has 0 spiro atoms. The lowest BCUT2D eigenvalue weighted by Gasteiger charge is -2.24. The lowest BCUT2D eigenvalue weighted by atomic mass is 9.96. The van der Waals surface area contributed by atoms with Crippen LogP contribution in [0, 0.1) is 5.82 Å². The summed E-state index contributed by atoms with van der Waals surface area (Å²) in [6.07, 6.45) is 1.70. The maximum atomic E-state index is 14.3. The summed E-state index contributed by atoms with van der Waals surface area (Å²) >= 11 is 1.20. The van der Waals surface area contributed by atoms with Crippen LogP contribution in [-0.4, -0.2) is 30.9 Å². The molecule has 0 unspecified atom stereocenters. The third-order valence-corrected chi connectivity index (χ3v) is 7.85. The minimum absolute atomic E-state index is 0.0328. The molecule has 0 aliphatic carbocycles. The highest BCUT2D eigenvalue weighted by molar-refractivity contribution is 7.07. The highest BCUT2D eigenvalue weighted by Gasteiger charge is 2.33. The van der Waals surface area contributed by atoms with Crippen LogP contribution in [0.5, 0.6) is 17.2 Å². The predicted octanol–water partition coefficient (Wildman–Crippen LogP) is 4.92. The van der Waals surface area contributed by atoms with Gasteiger partial charge in [-0.3, -0.25) is 9.36 Å². The molecule has 4 aromatic rings. The van der Waals surface area contributed by atoms with E-state index in [0.29, 0.717) is 61.1 Å². The number of aromatic nitrogens is 1. The molecule has 2 heterocycles. The molecule has 1 aliphatic heterocycles. The lowest BCUT2D eigenvalue weighted by Crippen LogP contribution is -2.39. The number of allylic oxidation sites excluding steroid dienone is 1. The number of esters is 1. The smallest absolute Gasteiger partial charge is 0.338 e. The molecule has 0 fully saturated rings. The molecule has 1 aromatic heterocycles. The van der Waals surface area contributed by atoms with Gasteiger partial charge in [-0.25, -0.2) is 14.2 Å². The number of carbonyl (C=O) groups excluding carboxylic acids is 1. The Bertz CT molecular complexity index is 1860. The number of hydrogen-bond acceptors (Lipinski definition) is 8. The van der Waals surface area contributed by atoms with Crippen molar-refractivity contribution in [2.75, 3.05) is 20.3 Å². The number of nitrogens with zero attached hydrogens (tertiary/aromatic N) is 2. The topological polar surface area (TPSA) is 88.4 Å². The van der Waals surface area contributed by atoms with Gasteiger partial charge >= 0.3 is 5.97 Å². The van der Waals surface area contributed by atoms with Crippen molar-refractivity contribution in [3.63, 3.8) is 0 Å². The lowest BCUT2D eigenvalue weighted by molar-refractivity contribution is -0.139. The van der Waals surface area contributed by atoms with Crippen LogP contribution in [0.3, 0.4) is 0 Å². The monoisotopic (exact) mass is 602 g/mol. The predicted molar refractivity (Wildman–Crippen MR) is 162 cm³/mol. The first-order chi connectivity index (χ1) is 20.9. The van der Waals surface area contributed by atoms with E-state index in [1.807, 2.05) is 31.2 Å². The zero-order valence-electron chi connectivity index (χ0n) is 24.3. The number of hydrogen-bond donors (Lipinski definition) is 0. The second kappa shape index (κ2) is 13.1. The quantitative estimate of drug-likeness (QED) is 0.240. The SMILES string of the molecule is CCOC(=O)C1=C(C)N=c2s/c(=C\c3cccc(OC)c3OCc3ccccc3F)c(=O)n2[C@@H]1c1ccc(OCC)cc1. The molecule has 222 valence electrons. The average Bonchev–Trinajstić information content (AvgIpc) is 3.30. The Balaban J connectivity index is 1.63. The van der Waals surface area contributed by atoms with E-state index in [2.05, 4.69) is 4.99 Å². The van der Waals surface area contributed by atoms with E-state index in [1.165, 1.54) is 29.1 Å². The molecule has 0 radical (unpaired) electrons. The van der Waals surface area contributed by atoms with Crippen molar-refractivity contribution < 1.29 is 28.1 Å². The highest BCUT2D eigenvalue weighted by Crippen LogP contribution is 2.34. The maximum Gasteiger partial charge on any atom is 0.338 e. The molecule has 5 rings (SSSR count).